The van der Waals surface area contributed by atoms with Gasteiger partial charge in [0.2, 0.25) is 0 Å². The van der Waals surface area contributed by atoms with Crippen molar-refractivity contribution in [2.75, 3.05) is 20.6 Å². The lowest BCUT2D eigenvalue weighted by Gasteiger charge is -2.23. The SMILES string of the molecule is CN(C)CC1=C(c2ccc3cc(O)ccc3c2)C2CCC1C2.Cl. The third-order valence-electron chi connectivity index (χ3n) is 5.30. The largest absolute Gasteiger partial charge is 0.508 e. The van der Waals surface area contributed by atoms with Crippen molar-refractivity contribution in [1.29, 1.82) is 0 Å². The van der Waals surface area contributed by atoms with Gasteiger partial charge in [-0.25, -0.2) is 0 Å². The van der Waals surface area contributed by atoms with Gasteiger partial charge in [-0.15, -0.1) is 12.4 Å². The molecule has 0 spiro atoms. The molecule has 0 saturated heterocycles. The zero-order valence-corrected chi connectivity index (χ0v) is 14.6. The second-order valence-electron chi connectivity index (χ2n) is 7.13. The van der Waals surface area contributed by atoms with Crippen molar-refractivity contribution in [3.63, 3.8) is 0 Å². The standard InChI is InChI=1S/C20H23NO.ClH/c1-21(2)12-19-15-4-6-17(10-15)20(19)16-5-3-14-11-18(22)8-7-13(14)9-16;/h3,5,7-9,11,15,17,22H,4,6,10,12H2,1-2H3;1H. The van der Waals surface area contributed by atoms with Gasteiger partial charge in [-0.05, 0) is 90.9 Å². The van der Waals surface area contributed by atoms with Crippen LogP contribution in [0.5, 0.6) is 5.75 Å². The number of rotatable bonds is 3. The van der Waals surface area contributed by atoms with Gasteiger partial charge in [-0.2, -0.15) is 0 Å². The summed E-state index contributed by atoms with van der Waals surface area (Å²) in [5, 5.41) is 12.0. The Hall–Kier alpha value is -1.51. The Labute approximate surface area is 144 Å². The van der Waals surface area contributed by atoms with Gasteiger partial charge in [-0.3, -0.25) is 0 Å². The molecule has 2 bridgehead atoms. The number of halogens is 1. The molecule has 1 N–H and O–H groups in total. The molecule has 122 valence electrons. The van der Waals surface area contributed by atoms with Gasteiger partial charge in [0.05, 0.1) is 0 Å². The first-order valence-corrected chi connectivity index (χ1v) is 8.22. The van der Waals surface area contributed by atoms with Crippen molar-refractivity contribution < 1.29 is 5.11 Å². The van der Waals surface area contributed by atoms with Crippen LogP contribution in [0, 0.1) is 11.8 Å². The van der Waals surface area contributed by atoms with Crippen molar-refractivity contribution in [3.8, 4) is 5.75 Å². The Kier molecular flexibility index (Phi) is 4.39. The molecule has 2 unspecified atom stereocenters. The summed E-state index contributed by atoms with van der Waals surface area (Å²) < 4.78 is 0. The molecule has 1 fully saturated rings. The first-order chi connectivity index (χ1) is 10.6. The van der Waals surface area contributed by atoms with Gasteiger partial charge >= 0.3 is 0 Å². The molecule has 2 nitrogen and oxygen atoms in total. The molecule has 0 amide bonds. The second kappa shape index (κ2) is 6.18. The molecule has 0 radical (unpaired) electrons. The summed E-state index contributed by atoms with van der Waals surface area (Å²) in [7, 11) is 4.33. The van der Waals surface area contributed by atoms with Crippen LogP contribution in [0.2, 0.25) is 0 Å². The number of hydrogen-bond donors (Lipinski definition) is 1. The Balaban J connectivity index is 0.00000156. The Morgan fingerprint density at radius 2 is 1.70 bits per heavy atom. The Morgan fingerprint density at radius 3 is 2.48 bits per heavy atom. The monoisotopic (exact) mass is 329 g/mol. The molecule has 0 aliphatic heterocycles. The van der Waals surface area contributed by atoms with E-state index in [0.29, 0.717) is 5.75 Å². The third kappa shape index (κ3) is 2.86. The van der Waals surface area contributed by atoms with Crippen LogP contribution in [0.15, 0.2) is 42.0 Å². The predicted octanol–water partition coefficient (Wildman–Crippen LogP) is 4.71. The van der Waals surface area contributed by atoms with E-state index in [1.54, 1.807) is 17.2 Å². The normalized spacial score (nSPS) is 22.9. The van der Waals surface area contributed by atoms with E-state index in [1.807, 2.05) is 12.1 Å². The number of phenols is 1. The molecule has 2 aromatic rings. The summed E-state index contributed by atoms with van der Waals surface area (Å²) in [5.41, 5.74) is 4.67. The molecule has 2 aliphatic rings. The van der Waals surface area contributed by atoms with Crippen LogP contribution in [0.25, 0.3) is 16.3 Å². The maximum atomic E-state index is 9.62. The summed E-state index contributed by atoms with van der Waals surface area (Å²) in [6, 6.07) is 12.3. The Bertz CT molecular complexity index is 765. The molecule has 0 aromatic heterocycles. The van der Waals surface area contributed by atoms with Crippen LogP contribution in [0.4, 0.5) is 0 Å². The van der Waals surface area contributed by atoms with E-state index in [9.17, 15) is 5.11 Å². The van der Waals surface area contributed by atoms with Gasteiger partial charge in [-0.1, -0.05) is 18.2 Å². The minimum absolute atomic E-state index is 0. The van der Waals surface area contributed by atoms with Crippen LogP contribution in [0.3, 0.4) is 0 Å². The van der Waals surface area contributed by atoms with Gasteiger partial charge in [0.15, 0.2) is 0 Å². The van der Waals surface area contributed by atoms with E-state index in [0.717, 1.165) is 23.8 Å². The maximum Gasteiger partial charge on any atom is 0.116 e. The molecular weight excluding hydrogens is 306 g/mol. The van der Waals surface area contributed by atoms with Crippen molar-refractivity contribution in [2.24, 2.45) is 11.8 Å². The van der Waals surface area contributed by atoms with Crippen molar-refractivity contribution in [2.45, 2.75) is 19.3 Å². The van der Waals surface area contributed by atoms with E-state index in [2.05, 4.69) is 37.2 Å². The first kappa shape index (κ1) is 16.4. The van der Waals surface area contributed by atoms with Gasteiger partial charge < -0.3 is 10.0 Å². The zero-order valence-electron chi connectivity index (χ0n) is 13.7. The highest BCUT2D eigenvalue weighted by atomic mass is 35.5. The lowest BCUT2D eigenvalue weighted by molar-refractivity contribution is 0.423. The lowest BCUT2D eigenvalue weighted by atomic mass is 9.86. The van der Waals surface area contributed by atoms with Gasteiger partial charge in [0.25, 0.3) is 0 Å². The smallest absolute Gasteiger partial charge is 0.116 e. The number of fused-ring (bicyclic) bond motifs is 3. The topological polar surface area (TPSA) is 23.5 Å². The maximum absolute atomic E-state index is 9.62. The fourth-order valence-corrected chi connectivity index (χ4v) is 4.42. The van der Waals surface area contributed by atoms with Crippen LogP contribution >= 0.6 is 12.4 Å². The van der Waals surface area contributed by atoms with E-state index in [1.165, 1.54) is 30.2 Å². The molecule has 2 atom stereocenters. The quantitative estimate of drug-likeness (QED) is 0.881. The number of benzene rings is 2. The molecular formula is C20H24ClNO. The molecule has 2 aromatic carbocycles. The predicted molar refractivity (Wildman–Crippen MR) is 99.2 cm³/mol. The van der Waals surface area contributed by atoms with Crippen LogP contribution < -0.4 is 0 Å². The number of likely N-dealkylation sites (N-methyl/N-ethyl adjacent to an activating group) is 1. The molecule has 4 rings (SSSR count). The highest BCUT2D eigenvalue weighted by Gasteiger charge is 2.39. The molecule has 3 heteroatoms. The minimum atomic E-state index is 0. The molecule has 23 heavy (non-hydrogen) atoms. The molecule has 2 aliphatic carbocycles. The van der Waals surface area contributed by atoms with Crippen LogP contribution in [-0.2, 0) is 0 Å². The first-order valence-electron chi connectivity index (χ1n) is 8.22. The number of phenolic OH excluding ortho intramolecular Hbond substituents is 1. The minimum Gasteiger partial charge on any atom is -0.508 e. The van der Waals surface area contributed by atoms with Crippen molar-refractivity contribution >= 4 is 28.8 Å². The van der Waals surface area contributed by atoms with Crippen molar-refractivity contribution in [1.82, 2.24) is 4.90 Å². The highest BCUT2D eigenvalue weighted by Crippen LogP contribution is 2.52. The summed E-state index contributed by atoms with van der Waals surface area (Å²) in [5.74, 6) is 1.90. The van der Waals surface area contributed by atoms with Crippen molar-refractivity contribution in [3.05, 3.63) is 47.5 Å². The highest BCUT2D eigenvalue weighted by molar-refractivity contribution is 5.88. The fourth-order valence-electron chi connectivity index (χ4n) is 4.42. The van der Waals surface area contributed by atoms with Gasteiger partial charge in [0.1, 0.15) is 5.75 Å². The summed E-state index contributed by atoms with van der Waals surface area (Å²) in [4.78, 5) is 2.30. The summed E-state index contributed by atoms with van der Waals surface area (Å²) in [6.45, 7) is 1.09. The fraction of sp³-hybridized carbons (Fsp3) is 0.400. The lowest BCUT2D eigenvalue weighted by Crippen LogP contribution is -2.19. The van der Waals surface area contributed by atoms with E-state index in [4.69, 9.17) is 0 Å². The van der Waals surface area contributed by atoms with E-state index < -0.39 is 0 Å². The molecule has 1 saturated carbocycles. The van der Waals surface area contributed by atoms with E-state index >= 15 is 0 Å². The zero-order chi connectivity index (χ0) is 15.3. The number of allylic oxidation sites excluding steroid dienone is 1. The number of aromatic hydroxyl groups is 1. The summed E-state index contributed by atoms with van der Waals surface area (Å²) in [6.07, 6.45) is 4.08. The van der Waals surface area contributed by atoms with Crippen LogP contribution in [0.1, 0.15) is 24.8 Å². The second-order valence-corrected chi connectivity index (χ2v) is 7.13. The Morgan fingerprint density at radius 1 is 1.00 bits per heavy atom. The van der Waals surface area contributed by atoms with Crippen LogP contribution in [-0.4, -0.2) is 30.6 Å². The van der Waals surface area contributed by atoms with Gasteiger partial charge in [0, 0.05) is 6.54 Å². The third-order valence-corrected chi connectivity index (χ3v) is 5.30. The average molecular weight is 330 g/mol. The number of hydrogen-bond acceptors (Lipinski definition) is 2. The molecule has 0 heterocycles. The van der Waals surface area contributed by atoms with E-state index in [-0.39, 0.29) is 12.4 Å². The average Bonchev–Trinajstić information content (AvgIpc) is 3.07. The number of nitrogens with zero attached hydrogens (tertiary/aromatic N) is 1. The summed E-state index contributed by atoms with van der Waals surface area (Å²) >= 11 is 0.